The van der Waals surface area contributed by atoms with Crippen molar-refractivity contribution in [2.45, 2.75) is 44.6 Å². The minimum atomic E-state index is -3.94. The van der Waals surface area contributed by atoms with E-state index in [2.05, 4.69) is 4.72 Å². The number of fused-ring (bicyclic) bond motifs is 1. The number of hydrogen-bond acceptors (Lipinski definition) is 4. The molecule has 1 aliphatic heterocycles. The van der Waals surface area contributed by atoms with Gasteiger partial charge < -0.3 is 10.0 Å². The van der Waals surface area contributed by atoms with E-state index in [9.17, 15) is 23.1 Å². The molecule has 0 saturated heterocycles. The fraction of sp³-hybridized carbons (Fsp3) is 0.500. The summed E-state index contributed by atoms with van der Waals surface area (Å²) in [5, 5.41) is 9.21. The number of carbonyl (C=O) groups is 2. The first-order valence-corrected chi connectivity index (χ1v) is 9.26. The van der Waals surface area contributed by atoms with E-state index in [0.29, 0.717) is 18.7 Å². The predicted molar refractivity (Wildman–Crippen MR) is 89.4 cm³/mol. The zero-order chi connectivity index (χ0) is 18.1. The highest BCUT2D eigenvalue weighted by atomic mass is 32.2. The van der Waals surface area contributed by atoms with Crippen LogP contribution in [0.3, 0.4) is 0 Å². The third kappa shape index (κ3) is 3.93. The van der Waals surface area contributed by atoms with Gasteiger partial charge in [0.1, 0.15) is 6.04 Å². The van der Waals surface area contributed by atoms with E-state index in [1.165, 1.54) is 19.1 Å². The number of anilines is 1. The number of nitrogens with one attached hydrogen (secondary N) is 1. The van der Waals surface area contributed by atoms with Crippen LogP contribution in [0.5, 0.6) is 0 Å². The number of amides is 1. The lowest BCUT2D eigenvalue weighted by Crippen LogP contribution is -2.41. The summed E-state index contributed by atoms with van der Waals surface area (Å²) in [7, 11) is -3.94. The van der Waals surface area contributed by atoms with E-state index < -0.39 is 22.0 Å². The first kappa shape index (κ1) is 18.4. The molecule has 132 valence electrons. The van der Waals surface area contributed by atoms with Crippen molar-refractivity contribution in [2.75, 3.05) is 11.4 Å². The Hall–Kier alpha value is -1.93. The van der Waals surface area contributed by atoms with Crippen molar-refractivity contribution in [1.29, 1.82) is 0 Å². The molecule has 2 rings (SSSR count). The van der Waals surface area contributed by atoms with Crippen molar-refractivity contribution < 1.29 is 23.1 Å². The van der Waals surface area contributed by atoms with Gasteiger partial charge in [0.05, 0.1) is 4.90 Å². The molecule has 0 aromatic heterocycles. The highest BCUT2D eigenvalue weighted by molar-refractivity contribution is 7.89. The molecule has 7 nitrogen and oxygen atoms in total. The third-order valence-corrected chi connectivity index (χ3v) is 5.41. The lowest BCUT2D eigenvalue weighted by molar-refractivity contribution is -0.139. The van der Waals surface area contributed by atoms with E-state index >= 15 is 0 Å². The molecule has 1 atom stereocenters. The number of carboxylic acid groups (broad SMARTS) is 1. The Labute approximate surface area is 141 Å². The summed E-state index contributed by atoms with van der Waals surface area (Å²) in [6.07, 6.45) is 0.782. The number of aliphatic carboxylic acids is 1. The average Bonchev–Trinajstić information content (AvgIpc) is 2.88. The molecule has 1 aliphatic rings. The smallest absolute Gasteiger partial charge is 0.321 e. The molecule has 2 N–H and O–H groups in total. The minimum Gasteiger partial charge on any atom is -0.480 e. The van der Waals surface area contributed by atoms with E-state index in [0.717, 1.165) is 5.56 Å². The van der Waals surface area contributed by atoms with Gasteiger partial charge in [-0.1, -0.05) is 13.8 Å². The minimum absolute atomic E-state index is 0.0154. The number of nitrogens with zero attached hydrogens (tertiary/aromatic N) is 1. The van der Waals surface area contributed by atoms with Crippen LogP contribution < -0.4 is 9.62 Å². The standard InChI is InChI=1S/C16H22N2O5S/c1-10(2)8-14(16(20)21)17-24(22,23)13-4-5-15-12(9-13)6-7-18(15)11(3)19/h4-5,9-10,14,17H,6-8H2,1-3H3,(H,20,21)/t14-/m1/s1. The molecular formula is C16H22N2O5S. The van der Waals surface area contributed by atoms with Gasteiger partial charge in [-0.25, -0.2) is 8.42 Å². The second-order valence-electron chi connectivity index (χ2n) is 6.35. The molecule has 1 aromatic carbocycles. The molecule has 1 heterocycles. The third-order valence-electron chi connectivity index (χ3n) is 3.94. The van der Waals surface area contributed by atoms with Gasteiger partial charge in [-0.05, 0) is 42.5 Å². The van der Waals surface area contributed by atoms with Gasteiger partial charge in [0.15, 0.2) is 0 Å². The summed E-state index contributed by atoms with van der Waals surface area (Å²) in [6, 6.07) is 3.33. The zero-order valence-electron chi connectivity index (χ0n) is 13.9. The van der Waals surface area contributed by atoms with Crippen LogP contribution in [0.1, 0.15) is 32.8 Å². The Balaban J connectivity index is 2.27. The van der Waals surface area contributed by atoms with Gasteiger partial charge in [0, 0.05) is 19.2 Å². The van der Waals surface area contributed by atoms with Crippen LogP contribution in [0.2, 0.25) is 0 Å². The largest absolute Gasteiger partial charge is 0.480 e. The van der Waals surface area contributed by atoms with Gasteiger partial charge in [-0.3, -0.25) is 9.59 Å². The van der Waals surface area contributed by atoms with Gasteiger partial charge in [0.25, 0.3) is 0 Å². The molecule has 8 heteroatoms. The predicted octanol–water partition coefficient (Wildman–Crippen LogP) is 1.37. The Morgan fingerprint density at radius 3 is 2.54 bits per heavy atom. The normalized spacial score (nSPS) is 15.4. The molecule has 24 heavy (non-hydrogen) atoms. The summed E-state index contributed by atoms with van der Waals surface area (Å²) in [4.78, 5) is 24.4. The van der Waals surface area contributed by atoms with Crippen molar-refractivity contribution in [1.82, 2.24) is 4.72 Å². The van der Waals surface area contributed by atoms with Crippen molar-refractivity contribution in [3.8, 4) is 0 Å². The Kier molecular flexibility index (Phi) is 5.29. The van der Waals surface area contributed by atoms with E-state index in [1.54, 1.807) is 11.0 Å². The molecule has 0 fully saturated rings. The van der Waals surface area contributed by atoms with E-state index in [1.807, 2.05) is 13.8 Å². The SMILES string of the molecule is CC(=O)N1CCc2cc(S(=O)(=O)N[C@H](CC(C)C)C(=O)O)ccc21. The molecular weight excluding hydrogens is 332 g/mol. The lowest BCUT2D eigenvalue weighted by atomic mass is 10.1. The number of carboxylic acids is 1. The Morgan fingerprint density at radius 1 is 1.33 bits per heavy atom. The number of rotatable bonds is 6. The van der Waals surface area contributed by atoms with Crippen LogP contribution in [0.25, 0.3) is 0 Å². The average molecular weight is 354 g/mol. The monoisotopic (exact) mass is 354 g/mol. The van der Waals surface area contributed by atoms with Crippen molar-refractivity contribution >= 4 is 27.6 Å². The highest BCUT2D eigenvalue weighted by Gasteiger charge is 2.28. The van der Waals surface area contributed by atoms with Crippen molar-refractivity contribution in [2.24, 2.45) is 5.92 Å². The molecule has 0 spiro atoms. The van der Waals surface area contributed by atoms with E-state index in [-0.39, 0.29) is 23.1 Å². The van der Waals surface area contributed by atoms with Crippen LogP contribution in [0.15, 0.2) is 23.1 Å². The quantitative estimate of drug-likeness (QED) is 0.803. The highest BCUT2D eigenvalue weighted by Crippen LogP contribution is 2.30. The number of sulfonamides is 1. The molecule has 0 unspecified atom stereocenters. The number of benzene rings is 1. The molecule has 0 aliphatic carbocycles. The maximum Gasteiger partial charge on any atom is 0.321 e. The fourth-order valence-electron chi connectivity index (χ4n) is 2.80. The van der Waals surface area contributed by atoms with Crippen LogP contribution in [-0.4, -0.2) is 38.0 Å². The summed E-state index contributed by atoms with van der Waals surface area (Å²) < 4.78 is 27.2. The van der Waals surface area contributed by atoms with Crippen molar-refractivity contribution in [3.05, 3.63) is 23.8 Å². The maximum atomic E-state index is 12.5. The summed E-state index contributed by atoms with van der Waals surface area (Å²) >= 11 is 0. The molecule has 0 saturated carbocycles. The Bertz CT molecular complexity index is 758. The molecule has 0 bridgehead atoms. The van der Waals surface area contributed by atoms with E-state index in [4.69, 9.17) is 0 Å². The Morgan fingerprint density at radius 2 is 2.00 bits per heavy atom. The maximum absolute atomic E-state index is 12.5. The van der Waals surface area contributed by atoms with Gasteiger partial charge >= 0.3 is 5.97 Å². The molecule has 0 radical (unpaired) electrons. The first-order chi connectivity index (χ1) is 11.1. The first-order valence-electron chi connectivity index (χ1n) is 7.78. The van der Waals surface area contributed by atoms with Gasteiger partial charge in [-0.2, -0.15) is 4.72 Å². The zero-order valence-corrected chi connectivity index (χ0v) is 14.8. The molecule has 1 aromatic rings. The topological polar surface area (TPSA) is 104 Å². The second kappa shape index (κ2) is 6.90. The second-order valence-corrected chi connectivity index (χ2v) is 8.07. The van der Waals surface area contributed by atoms with Crippen LogP contribution in [-0.2, 0) is 26.0 Å². The van der Waals surface area contributed by atoms with Gasteiger partial charge in [0.2, 0.25) is 15.9 Å². The summed E-state index contributed by atoms with van der Waals surface area (Å²) in [6.45, 7) is 5.64. The number of carbonyl (C=O) groups excluding carboxylic acids is 1. The fourth-order valence-corrected chi connectivity index (χ4v) is 4.05. The summed E-state index contributed by atoms with van der Waals surface area (Å²) in [5.41, 5.74) is 1.47. The lowest BCUT2D eigenvalue weighted by Gasteiger charge is -2.18. The van der Waals surface area contributed by atoms with Crippen LogP contribution >= 0.6 is 0 Å². The van der Waals surface area contributed by atoms with Crippen LogP contribution in [0.4, 0.5) is 5.69 Å². The van der Waals surface area contributed by atoms with Crippen molar-refractivity contribution in [3.63, 3.8) is 0 Å². The molecule has 1 amide bonds. The summed E-state index contributed by atoms with van der Waals surface area (Å²) in [5.74, 6) is -1.25. The van der Waals surface area contributed by atoms with Crippen LogP contribution in [0, 0.1) is 5.92 Å². The number of hydrogen-bond donors (Lipinski definition) is 2. The van der Waals surface area contributed by atoms with Gasteiger partial charge in [-0.15, -0.1) is 0 Å².